The van der Waals surface area contributed by atoms with Crippen molar-refractivity contribution in [2.45, 2.75) is 18.1 Å². The fourth-order valence-corrected chi connectivity index (χ4v) is 5.08. The Hall–Kier alpha value is -2.89. The van der Waals surface area contributed by atoms with E-state index < -0.39 is 38.9 Å². The summed E-state index contributed by atoms with van der Waals surface area (Å²) in [6.45, 7) is 0.526. The monoisotopic (exact) mass is 434 g/mol. The highest BCUT2D eigenvalue weighted by Crippen LogP contribution is 2.35. The highest BCUT2D eigenvalue weighted by atomic mass is 32.2. The van der Waals surface area contributed by atoms with Crippen LogP contribution >= 0.6 is 0 Å². The maximum absolute atomic E-state index is 12.3. The molecular formula is C20H22N2O7S. The van der Waals surface area contributed by atoms with Crippen LogP contribution in [0.5, 0.6) is 0 Å². The van der Waals surface area contributed by atoms with Gasteiger partial charge >= 0.3 is 0 Å². The lowest BCUT2D eigenvalue weighted by molar-refractivity contribution is -0.138. The summed E-state index contributed by atoms with van der Waals surface area (Å²) in [6.07, 6.45) is 0.956. The number of carbonyl (C=O) groups is 2. The number of benzene rings is 1. The Bertz CT molecular complexity index is 986. The molecule has 9 nitrogen and oxygen atoms in total. The van der Waals surface area contributed by atoms with E-state index >= 15 is 0 Å². The molecule has 2 rings (SSSR count). The number of hydrogen-bond donors (Lipinski definition) is 2. The van der Waals surface area contributed by atoms with E-state index in [1.54, 1.807) is 31.4 Å². The van der Waals surface area contributed by atoms with Gasteiger partial charge in [-0.1, -0.05) is 11.8 Å². The molecule has 1 aromatic rings. The van der Waals surface area contributed by atoms with Crippen LogP contribution in [0, 0.1) is 23.7 Å². The molecule has 2 N–H and O–H groups in total. The van der Waals surface area contributed by atoms with Crippen molar-refractivity contribution in [3.05, 3.63) is 29.8 Å². The van der Waals surface area contributed by atoms with Crippen LogP contribution in [0.25, 0.3) is 0 Å². The van der Waals surface area contributed by atoms with E-state index in [2.05, 4.69) is 23.7 Å². The molecule has 160 valence electrons. The van der Waals surface area contributed by atoms with Crippen molar-refractivity contribution in [2.24, 2.45) is 0 Å². The molecule has 0 spiro atoms. The normalized spacial score (nSPS) is 16.5. The number of methoxy groups -OCH3 is 2. The molecule has 1 aliphatic heterocycles. The molecule has 0 aromatic heterocycles. The second kappa shape index (κ2) is 10.2. The van der Waals surface area contributed by atoms with Crippen LogP contribution in [0.4, 0.5) is 5.69 Å². The third-order valence-electron chi connectivity index (χ3n) is 4.54. The SMILES string of the molecule is COCCC#CC#Cc1ccc(N(C=O)C(C(=O)NO)C2(OC)CS(=O)(=O)C2)cc1. The smallest absolute Gasteiger partial charge is 0.269 e. The van der Waals surface area contributed by atoms with Crippen molar-refractivity contribution in [3.8, 4) is 23.7 Å². The molecule has 2 amide bonds. The van der Waals surface area contributed by atoms with Crippen LogP contribution in [0.3, 0.4) is 0 Å². The van der Waals surface area contributed by atoms with Crippen LogP contribution in [0.1, 0.15) is 12.0 Å². The Labute approximate surface area is 175 Å². The highest BCUT2D eigenvalue weighted by molar-refractivity contribution is 7.93. The summed E-state index contributed by atoms with van der Waals surface area (Å²) in [7, 11) is -0.566. The van der Waals surface area contributed by atoms with Crippen LogP contribution < -0.4 is 10.4 Å². The fourth-order valence-electron chi connectivity index (χ4n) is 3.12. The van der Waals surface area contributed by atoms with Crippen molar-refractivity contribution >= 4 is 27.8 Å². The van der Waals surface area contributed by atoms with Gasteiger partial charge in [-0.25, -0.2) is 13.9 Å². The average molecular weight is 434 g/mol. The lowest BCUT2D eigenvalue weighted by atomic mass is 9.94. The summed E-state index contributed by atoms with van der Waals surface area (Å²) >= 11 is 0. The topological polar surface area (TPSA) is 122 Å². The Morgan fingerprint density at radius 3 is 2.47 bits per heavy atom. The first-order chi connectivity index (χ1) is 14.3. The second-order valence-electron chi connectivity index (χ2n) is 6.53. The van der Waals surface area contributed by atoms with Gasteiger partial charge in [0.1, 0.15) is 11.6 Å². The maximum atomic E-state index is 12.3. The first-order valence-corrected chi connectivity index (χ1v) is 10.7. The van der Waals surface area contributed by atoms with E-state index in [9.17, 15) is 18.0 Å². The number of anilines is 1. The number of hydrogen-bond acceptors (Lipinski definition) is 7. The number of nitrogens with one attached hydrogen (secondary N) is 1. The Kier molecular flexibility index (Phi) is 7.98. The molecule has 1 saturated heterocycles. The molecular weight excluding hydrogens is 412 g/mol. The number of rotatable bonds is 8. The third-order valence-corrected chi connectivity index (χ3v) is 6.39. The molecule has 1 aromatic carbocycles. The van der Waals surface area contributed by atoms with E-state index in [1.807, 2.05) is 0 Å². The number of amides is 2. The number of nitrogens with zero attached hydrogens (tertiary/aromatic N) is 1. The van der Waals surface area contributed by atoms with Crippen molar-refractivity contribution in [2.75, 3.05) is 37.2 Å². The largest absolute Gasteiger partial charge is 0.384 e. The van der Waals surface area contributed by atoms with E-state index in [0.29, 0.717) is 30.7 Å². The molecule has 10 heteroatoms. The lowest BCUT2D eigenvalue weighted by Gasteiger charge is -2.47. The van der Waals surface area contributed by atoms with Gasteiger partial charge in [0, 0.05) is 31.9 Å². The van der Waals surface area contributed by atoms with Crippen LogP contribution in [-0.4, -0.2) is 69.9 Å². The van der Waals surface area contributed by atoms with Gasteiger partial charge in [-0.3, -0.25) is 19.7 Å². The third kappa shape index (κ3) is 5.38. The van der Waals surface area contributed by atoms with Crippen molar-refractivity contribution in [1.29, 1.82) is 0 Å². The van der Waals surface area contributed by atoms with Gasteiger partial charge in [-0.15, -0.1) is 0 Å². The molecule has 1 aliphatic rings. The average Bonchev–Trinajstić information content (AvgIpc) is 2.72. The van der Waals surface area contributed by atoms with Gasteiger partial charge in [0.05, 0.1) is 18.1 Å². The Balaban J connectivity index is 2.27. The van der Waals surface area contributed by atoms with Gasteiger partial charge in [-0.2, -0.15) is 0 Å². The Morgan fingerprint density at radius 1 is 1.30 bits per heavy atom. The zero-order valence-corrected chi connectivity index (χ0v) is 17.4. The summed E-state index contributed by atoms with van der Waals surface area (Å²) in [6, 6.07) is 4.95. The fraction of sp³-hybridized carbons (Fsp3) is 0.400. The van der Waals surface area contributed by atoms with Gasteiger partial charge < -0.3 is 9.47 Å². The predicted octanol–water partition coefficient (Wildman–Crippen LogP) is -0.272. The van der Waals surface area contributed by atoms with E-state index in [4.69, 9.17) is 14.7 Å². The number of ether oxygens (including phenoxy) is 2. The summed E-state index contributed by atoms with van der Waals surface area (Å²) in [5, 5.41) is 9.14. The van der Waals surface area contributed by atoms with Crippen molar-refractivity contribution < 1.29 is 32.7 Å². The molecule has 0 radical (unpaired) electrons. The minimum absolute atomic E-state index is 0.302. The van der Waals surface area contributed by atoms with Crippen molar-refractivity contribution in [3.63, 3.8) is 0 Å². The maximum Gasteiger partial charge on any atom is 0.269 e. The molecule has 1 heterocycles. The molecule has 1 fully saturated rings. The first kappa shape index (κ1) is 23.4. The number of hydroxylamine groups is 1. The quantitative estimate of drug-likeness (QED) is 0.190. The summed E-state index contributed by atoms with van der Waals surface area (Å²) in [5.74, 6) is 9.21. The van der Waals surface area contributed by atoms with Crippen LogP contribution in [-0.2, 0) is 28.9 Å². The molecule has 0 bridgehead atoms. The zero-order chi connectivity index (χ0) is 22.2. The predicted molar refractivity (Wildman–Crippen MR) is 108 cm³/mol. The molecule has 1 unspecified atom stereocenters. The van der Waals surface area contributed by atoms with Crippen LogP contribution in [0.15, 0.2) is 24.3 Å². The van der Waals surface area contributed by atoms with Gasteiger partial charge in [-0.05, 0) is 36.1 Å². The minimum Gasteiger partial charge on any atom is -0.384 e. The molecule has 0 saturated carbocycles. The Morgan fingerprint density at radius 2 is 1.97 bits per heavy atom. The highest BCUT2D eigenvalue weighted by Gasteiger charge is 2.59. The lowest BCUT2D eigenvalue weighted by Crippen LogP contribution is -2.71. The van der Waals surface area contributed by atoms with Gasteiger partial charge in [0.25, 0.3) is 5.91 Å². The first-order valence-electron chi connectivity index (χ1n) is 8.83. The summed E-state index contributed by atoms with van der Waals surface area (Å²) in [4.78, 5) is 25.2. The summed E-state index contributed by atoms with van der Waals surface area (Å²) < 4.78 is 33.7. The number of carbonyl (C=O) groups excluding carboxylic acids is 2. The zero-order valence-electron chi connectivity index (χ0n) is 16.5. The second-order valence-corrected chi connectivity index (χ2v) is 8.60. The van der Waals surface area contributed by atoms with E-state index in [1.165, 1.54) is 12.6 Å². The standard InChI is InChI=1S/C20H22N2O7S/c1-28-12-6-4-3-5-7-16-8-10-17(11-9-16)22(15-23)18(19(24)21-25)20(29-2)13-30(26,27)14-20/h8-11,15,18,25H,6,12-14H2,1-2H3,(H,21,24). The molecule has 30 heavy (non-hydrogen) atoms. The van der Waals surface area contributed by atoms with E-state index in [0.717, 1.165) is 4.90 Å². The van der Waals surface area contributed by atoms with Crippen molar-refractivity contribution in [1.82, 2.24) is 5.48 Å². The number of sulfone groups is 1. The molecule has 0 aliphatic carbocycles. The van der Waals surface area contributed by atoms with E-state index in [-0.39, 0.29) is 0 Å². The van der Waals surface area contributed by atoms with Gasteiger partial charge in [0.2, 0.25) is 6.41 Å². The molecule has 1 atom stereocenters. The minimum atomic E-state index is -3.41. The van der Waals surface area contributed by atoms with Gasteiger partial charge in [0.15, 0.2) is 9.84 Å². The van der Waals surface area contributed by atoms with Crippen LogP contribution in [0.2, 0.25) is 0 Å². The summed E-state index contributed by atoms with van der Waals surface area (Å²) in [5.41, 5.74) is 0.943.